The first-order chi connectivity index (χ1) is 13.0. The second kappa shape index (κ2) is 9.36. The monoisotopic (exact) mass is 371 g/mol. The Bertz CT molecular complexity index is 618. The smallest absolute Gasteiger partial charge is 0.234 e. The summed E-state index contributed by atoms with van der Waals surface area (Å²) in [5.74, 6) is 0.965. The van der Waals surface area contributed by atoms with Crippen molar-refractivity contribution in [1.29, 1.82) is 0 Å². The van der Waals surface area contributed by atoms with Crippen LogP contribution in [0.1, 0.15) is 50.1 Å². The van der Waals surface area contributed by atoms with Crippen LogP contribution in [0.4, 0.5) is 0 Å². The second-order valence-corrected chi connectivity index (χ2v) is 8.28. The largest absolute Gasteiger partial charge is 0.349 e. The molecule has 1 saturated heterocycles. The van der Waals surface area contributed by atoms with Gasteiger partial charge in [-0.3, -0.25) is 14.5 Å². The highest BCUT2D eigenvalue weighted by molar-refractivity contribution is 5.79. The van der Waals surface area contributed by atoms with Crippen LogP contribution < -0.4 is 5.32 Å². The SMILES string of the molecule is CN(C)C(=O)C1CCN(CC(=O)NC(c2ccccc2)C2CCCC2)CC1. The molecule has 1 aromatic carbocycles. The van der Waals surface area contributed by atoms with E-state index in [0.717, 1.165) is 25.9 Å². The first-order valence-corrected chi connectivity index (χ1v) is 10.3. The first kappa shape index (κ1) is 19.9. The highest BCUT2D eigenvalue weighted by Gasteiger charge is 2.30. The molecule has 1 unspecified atom stereocenters. The number of rotatable bonds is 6. The minimum atomic E-state index is 0.105. The number of benzene rings is 1. The Balaban J connectivity index is 1.53. The van der Waals surface area contributed by atoms with Crippen LogP contribution in [0.2, 0.25) is 0 Å². The lowest BCUT2D eigenvalue weighted by Gasteiger charge is -2.33. The molecule has 2 aliphatic rings. The third-order valence-electron chi connectivity index (χ3n) is 6.09. The van der Waals surface area contributed by atoms with E-state index in [2.05, 4.69) is 34.5 Å². The van der Waals surface area contributed by atoms with Crippen molar-refractivity contribution >= 4 is 11.8 Å². The molecule has 0 spiro atoms. The van der Waals surface area contributed by atoms with Crippen LogP contribution in [0.15, 0.2) is 30.3 Å². The summed E-state index contributed by atoms with van der Waals surface area (Å²) in [5.41, 5.74) is 1.22. The van der Waals surface area contributed by atoms with Gasteiger partial charge < -0.3 is 10.2 Å². The molecule has 2 fully saturated rings. The molecule has 2 amide bonds. The average Bonchev–Trinajstić information content (AvgIpc) is 3.21. The molecule has 27 heavy (non-hydrogen) atoms. The number of hydrogen-bond donors (Lipinski definition) is 1. The van der Waals surface area contributed by atoms with Gasteiger partial charge in [0, 0.05) is 20.0 Å². The molecule has 1 aliphatic carbocycles. The van der Waals surface area contributed by atoms with E-state index in [-0.39, 0.29) is 23.8 Å². The molecular formula is C22H33N3O2. The molecule has 1 saturated carbocycles. The normalized spacial score (nSPS) is 20.4. The quantitative estimate of drug-likeness (QED) is 0.837. The third kappa shape index (κ3) is 5.32. The number of nitrogens with zero attached hydrogens (tertiary/aromatic N) is 2. The summed E-state index contributed by atoms with van der Waals surface area (Å²) in [6.45, 7) is 2.06. The summed E-state index contributed by atoms with van der Waals surface area (Å²) in [7, 11) is 3.63. The maximum absolute atomic E-state index is 12.7. The minimum Gasteiger partial charge on any atom is -0.349 e. The number of hydrogen-bond acceptors (Lipinski definition) is 3. The van der Waals surface area contributed by atoms with Gasteiger partial charge in [0.1, 0.15) is 0 Å². The number of carbonyl (C=O) groups is 2. The van der Waals surface area contributed by atoms with E-state index >= 15 is 0 Å². The molecule has 1 aliphatic heterocycles. The fraction of sp³-hybridized carbons (Fsp3) is 0.636. The first-order valence-electron chi connectivity index (χ1n) is 10.3. The average molecular weight is 372 g/mol. The zero-order valence-corrected chi connectivity index (χ0v) is 16.7. The Morgan fingerprint density at radius 3 is 2.30 bits per heavy atom. The Hall–Kier alpha value is -1.88. The van der Waals surface area contributed by atoms with Gasteiger partial charge in [-0.1, -0.05) is 43.2 Å². The molecule has 5 nitrogen and oxygen atoms in total. The highest BCUT2D eigenvalue weighted by Crippen LogP contribution is 2.35. The Morgan fingerprint density at radius 2 is 1.70 bits per heavy atom. The molecule has 3 rings (SSSR count). The molecule has 1 N–H and O–H groups in total. The molecule has 5 heteroatoms. The number of likely N-dealkylation sites (tertiary alicyclic amines) is 1. The van der Waals surface area contributed by atoms with Crippen LogP contribution in [0.25, 0.3) is 0 Å². The van der Waals surface area contributed by atoms with E-state index < -0.39 is 0 Å². The van der Waals surface area contributed by atoms with E-state index in [1.165, 1.54) is 31.2 Å². The van der Waals surface area contributed by atoms with Gasteiger partial charge in [0.15, 0.2) is 0 Å². The molecule has 1 aromatic rings. The van der Waals surface area contributed by atoms with Crippen LogP contribution in [0.5, 0.6) is 0 Å². The lowest BCUT2D eigenvalue weighted by Crippen LogP contribution is -2.45. The molecule has 0 bridgehead atoms. The molecule has 1 heterocycles. The standard InChI is InChI=1S/C22H33N3O2/c1-24(2)22(27)19-12-14-25(15-13-19)16-20(26)23-21(18-10-6-7-11-18)17-8-4-3-5-9-17/h3-5,8-9,18-19,21H,6-7,10-16H2,1-2H3,(H,23,26). The Morgan fingerprint density at radius 1 is 1.07 bits per heavy atom. The molecule has 1 atom stereocenters. The third-order valence-corrected chi connectivity index (χ3v) is 6.09. The van der Waals surface area contributed by atoms with Gasteiger partial charge in [-0.15, -0.1) is 0 Å². The van der Waals surface area contributed by atoms with Gasteiger partial charge in [0.05, 0.1) is 12.6 Å². The van der Waals surface area contributed by atoms with Crippen LogP contribution >= 0.6 is 0 Å². The van der Waals surface area contributed by atoms with Crippen LogP contribution in [-0.2, 0) is 9.59 Å². The van der Waals surface area contributed by atoms with Crippen molar-refractivity contribution in [3.63, 3.8) is 0 Å². The summed E-state index contributed by atoms with van der Waals surface area (Å²) in [5, 5.41) is 3.32. The Kier molecular flexibility index (Phi) is 6.89. The van der Waals surface area contributed by atoms with Gasteiger partial charge in [-0.2, -0.15) is 0 Å². The lowest BCUT2D eigenvalue weighted by molar-refractivity contribution is -0.134. The summed E-state index contributed by atoms with van der Waals surface area (Å²) in [6, 6.07) is 10.5. The zero-order chi connectivity index (χ0) is 19.2. The topological polar surface area (TPSA) is 52.7 Å². The van der Waals surface area contributed by atoms with Gasteiger partial charge >= 0.3 is 0 Å². The molecule has 0 aromatic heterocycles. The lowest BCUT2D eigenvalue weighted by atomic mass is 9.91. The second-order valence-electron chi connectivity index (χ2n) is 8.28. The predicted octanol–water partition coefficient (Wildman–Crippen LogP) is 2.83. The molecule has 148 valence electrons. The summed E-state index contributed by atoms with van der Waals surface area (Å²) < 4.78 is 0. The summed E-state index contributed by atoms with van der Waals surface area (Å²) in [6.07, 6.45) is 6.59. The van der Waals surface area contributed by atoms with Crippen molar-refractivity contribution in [3.8, 4) is 0 Å². The van der Waals surface area contributed by atoms with Gasteiger partial charge in [-0.25, -0.2) is 0 Å². The van der Waals surface area contributed by atoms with Crippen LogP contribution in [-0.4, -0.2) is 55.3 Å². The molecule has 0 radical (unpaired) electrons. The minimum absolute atomic E-state index is 0.105. The van der Waals surface area contributed by atoms with E-state index in [1.54, 1.807) is 4.90 Å². The van der Waals surface area contributed by atoms with Gasteiger partial charge in [0.2, 0.25) is 11.8 Å². The predicted molar refractivity (Wildman–Crippen MR) is 107 cm³/mol. The zero-order valence-electron chi connectivity index (χ0n) is 16.7. The van der Waals surface area contributed by atoms with Crippen molar-refractivity contribution in [2.45, 2.75) is 44.6 Å². The van der Waals surface area contributed by atoms with Crippen molar-refractivity contribution in [2.75, 3.05) is 33.7 Å². The van der Waals surface area contributed by atoms with E-state index in [4.69, 9.17) is 0 Å². The van der Waals surface area contributed by atoms with E-state index in [9.17, 15) is 9.59 Å². The van der Waals surface area contributed by atoms with Crippen LogP contribution in [0, 0.1) is 11.8 Å². The van der Waals surface area contributed by atoms with Crippen molar-refractivity contribution < 1.29 is 9.59 Å². The van der Waals surface area contributed by atoms with Gasteiger partial charge in [-0.05, 0) is 50.3 Å². The fourth-order valence-corrected chi connectivity index (χ4v) is 4.55. The molecular weight excluding hydrogens is 338 g/mol. The fourth-order valence-electron chi connectivity index (χ4n) is 4.55. The number of carbonyl (C=O) groups excluding carboxylic acids is 2. The maximum Gasteiger partial charge on any atom is 0.234 e. The number of piperidine rings is 1. The maximum atomic E-state index is 12.7. The summed E-state index contributed by atoms with van der Waals surface area (Å²) in [4.78, 5) is 28.7. The van der Waals surface area contributed by atoms with Gasteiger partial charge in [0.25, 0.3) is 0 Å². The van der Waals surface area contributed by atoms with E-state index in [1.807, 2.05) is 20.2 Å². The highest BCUT2D eigenvalue weighted by atomic mass is 16.2. The number of nitrogens with one attached hydrogen (secondary N) is 1. The van der Waals surface area contributed by atoms with Crippen molar-refractivity contribution in [3.05, 3.63) is 35.9 Å². The number of amides is 2. The van der Waals surface area contributed by atoms with E-state index in [0.29, 0.717) is 12.5 Å². The van der Waals surface area contributed by atoms with Crippen molar-refractivity contribution in [2.24, 2.45) is 11.8 Å². The van der Waals surface area contributed by atoms with Crippen LogP contribution in [0.3, 0.4) is 0 Å². The van der Waals surface area contributed by atoms with Crippen molar-refractivity contribution in [1.82, 2.24) is 15.1 Å². The summed E-state index contributed by atoms with van der Waals surface area (Å²) >= 11 is 0. The Labute approximate surface area is 163 Å².